The van der Waals surface area contributed by atoms with Gasteiger partial charge in [0.05, 0.1) is 11.9 Å². The Morgan fingerprint density at radius 1 is 1.28 bits per heavy atom. The molecule has 1 amide bonds. The summed E-state index contributed by atoms with van der Waals surface area (Å²) in [7, 11) is 0. The molecule has 0 atom stereocenters. The van der Waals surface area contributed by atoms with Crippen molar-refractivity contribution >= 4 is 28.7 Å². The van der Waals surface area contributed by atoms with Crippen LogP contribution in [0, 0.1) is 0 Å². The lowest BCUT2D eigenvalue weighted by molar-refractivity contribution is -0.111. The molecule has 9 nitrogen and oxygen atoms in total. The molecule has 0 bridgehead atoms. The van der Waals surface area contributed by atoms with Crippen LogP contribution in [-0.2, 0) is 11.3 Å². The minimum atomic E-state index is -0.294. The van der Waals surface area contributed by atoms with E-state index in [2.05, 4.69) is 32.4 Å². The van der Waals surface area contributed by atoms with Gasteiger partial charge in [0.25, 0.3) is 0 Å². The smallest absolute Gasteiger partial charge is 0.248 e. The average molecular weight is 389 g/mol. The number of rotatable bonds is 7. The van der Waals surface area contributed by atoms with E-state index in [4.69, 9.17) is 4.74 Å². The second-order valence-electron chi connectivity index (χ2n) is 6.11. The largest absolute Gasteiger partial charge is 0.437 e. The van der Waals surface area contributed by atoms with E-state index in [-0.39, 0.29) is 5.91 Å². The van der Waals surface area contributed by atoms with E-state index in [0.29, 0.717) is 28.8 Å². The number of carbonyl (C=O) groups is 1. The van der Waals surface area contributed by atoms with Gasteiger partial charge in [-0.3, -0.25) is 9.48 Å². The zero-order chi connectivity index (χ0) is 20.2. The molecule has 0 unspecified atom stereocenters. The molecule has 146 valence electrons. The molecule has 29 heavy (non-hydrogen) atoms. The zero-order valence-corrected chi connectivity index (χ0v) is 15.7. The number of carbonyl (C=O) groups excluding carboxylic acids is 1. The minimum absolute atomic E-state index is 0.294. The van der Waals surface area contributed by atoms with Crippen LogP contribution in [0.15, 0.2) is 67.6 Å². The Morgan fingerprint density at radius 2 is 2.17 bits per heavy atom. The van der Waals surface area contributed by atoms with Crippen LogP contribution in [0.25, 0.3) is 5.52 Å². The van der Waals surface area contributed by atoms with Crippen molar-refractivity contribution in [3.8, 4) is 11.6 Å². The highest BCUT2D eigenvalue weighted by Crippen LogP contribution is 2.27. The minimum Gasteiger partial charge on any atom is -0.437 e. The van der Waals surface area contributed by atoms with Gasteiger partial charge in [0.1, 0.15) is 11.3 Å². The molecule has 0 saturated heterocycles. The number of nitrogens with zero attached hydrogens (tertiary/aromatic N) is 5. The number of aromatic nitrogens is 5. The van der Waals surface area contributed by atoms with Crippen molar-refractivity contribution < 1.29 is 9.53 Å². The lowest BCUT2D eigenvalue weighted by Gasteiger charge is -2.10. The summed E-state index contributed by atoms with van der Waals surface area (Å²) in [5, 5.41) is 14.5. The number of amides is 1. The van der Waals surface area contributed by atoms with Gasteiger partial charge in [-0.15, -0.1) is 5.10 Å². The third kappa shape index (κ3) is 4.08. The lowest BCUT2D eigenvalue weighted by atomic mass is 10.3. The number of aryl methyl sites for hydroxylation is 1. The number of hydrogen-bond acceptors (Lipinski definition) is 6. The van der Waals surface area contributed by atoms with Crippen LogP contribution in [-0.4, -0.2) is 30.3 Å². The molecule has 4 aromatic rings. The van der Waals surface area contributed by atoms with Gasteiger partial charge in [-0.1, -0.05) is 12.6 Å². The van der Waals surface area contributed by atoms with Crippen LogP contribution in [0.2, 0.25) is 0 Å². The van der Waals surface area contributed by atoms with Gasteiger partial charge < -0.3 is 15.4 Å². The first-order valence-corrected chi connectivity index (χ1v) is 9.01. The van der Waals surface area contributed by atoms with Gasteiger partial charge in [-0.2, -0.15) is 10.1 Å². The first kappa shape index (κ1) is 18.2. The first-order valence-electron chi connectivity index (χ1n) is 9.01. The van der Waals surface area contributed by atoms with Crippen LogP contribution in [0.5, 0.6) is 11.6 Å². The highest BCUT2D eigenvalue weighted by atomic mass is 16.5. The van der Waals surface area contributed by atoms with Crippen LogP contribution < -0.4 is 15.4 Å². The zero-order valence-electron chi connectivity index (χ0n) is 15.7. The summed E-state index contributed by atoms with van der Waals surface area (Å²) in [4.78, 5) is 16.0. The maximum atomic E-state index is 11.5. The summed E-state index contributed by atoms with van der Waals surface area (Å²) in [6, 6.07) is 10.8. The second kappa shape index (κ2) is 7.85. The quantitative estimate of drug-likeness (QED) is 0.469. The van der Waals surface area contributed by atoms with E-state index in [1.54, 1.807) is 39.7 Å². The first-order chi connectivity index (χ1) is 14.1. The summed E-state index contributed by atoms with van der Waals surface area (Å²) in [6.45, 7) is 6.23. The van der Waals surface area contributed by atoms with Crippen molar-refractivity contribution in [2.24, 2.45) is 0 Å². The summed E-state index contributed by atoms with van der Waals surface area (Å²) in [5.41, 5.74) is 2.08. The fourth-order valence-corrected chi connectivity index (χ4v) is 2.71. The Labute approximate surface area is 166 Å². The summed E-state index contributed by atoms with van der Waals surface area (Å²) < 4.78 is 9.48. The van der Waals surface area contributed by atoms with Gasteiger partial charge in [0, 0.05) is 30.7 Å². The molecule has 0 radical (unpaired) electrons. The standard InChI is InChI=1S/C20H19N7O2/c1-3-18(28)22-14-7-5-8-16(11-14)29-19-17-9-6-10-27(17)25-20(24-19)23-15-12-21-26(4-2)13-15/h3,5-13H,1,4H2,2H3,(H,22,28)(H,23,25). The maximum absolute atomic E-state index is 11.5. The monoisotopic (exact) mass is 389 g/mol. The Bertz CT molecular complexity index is 1180. The predicted octanol–water partition coefficient (Wildman–Crippen LogP) is 3.61. The van der Waals surface area contributed by atoms with Crippen molar-refractivity contribution in [1.29, 1.82) is 0 Å². The molecule has 0 saturated carbocycles. The maximum Gasteiger partial charge on any atom is 0.248 e. The molecule has 9 heteroatoms. The van der Waals surface area contributed by atoms with E-state index in [9.17, 15) is 4.79 Å². The molecule has 1 aromatic carbocycles. The van der Waals surface area contributed by atoms with Crippen LogP contribution >= 0.6 is 0 Å². The number of anilines is 3. The summed E-state index contributed by atoms with van der Waals surface area (Å²) in [6.07, 6.45) is 6.60. The Kier molecular flexibility index (Phi) is 4.93. The van der Waals surface area contributed by atoms with Gasteiger partial charge in [0.15, 0.2) is 0 Å². The average Bonchev–Trinajstić information content (AvgIpc) is 3.37. The summed E-state index contributed by atoms with van der Waals surface area (Å²) in [5.74, 6) is 0.980. The molecule has 0 aliphatic heterocycles. The van der Waals surface area contributed by atoms with E-state index in [0.717, 1.165) is 12.2 Å². The van der Waals surface area contributed by atoms with Gasteiger partial charge >= 0.3 is 0 Å². The normalized spacial score (nSPS) is 10.7. The van der Waals surface area contributed by atoms with Crippen molar-refractivity contribution in [2.75, 3.05) is 10.6 Å². The number of benzene rings is 1. The number of fused-ring (bicyclic) bond motifs is 1. The van der Waals surface area contributed by atoms with Crippen molar-refractivity contribution in [2.45, 2.75) is 13.5 Å². The molecule has 0 fully saturated rings. The fourth-order valence-electron chi connectivity index (χ4n) is 2.71. The molecule has 4 rings (SSSR count). The Balaban J connectivity index is 1.63. The Morgan fingerprint density at radius 3 is 2.97 bits per heavy atom. The molecule has 0 aliphatic carbocycles. The van der Waals surface area contributed by atoms with Gasteiger partial charge in [-0.25, -0.2) is 4.52 Å². The number of hydrogen-bond donors (Lipinski definition) is 2. The van der Waals surface area contributed by atoms with E-state index in [1.165, 1.54) is 6.08 Å². The lowest BCUT2D eigenvalue weighted by Crippen LogP contribution is -2.07. The van der Waals surface area contributed by atoms with E-state index in [1.807, 2.05) is 31.5 Å². The number of nitrogens with one attached hydrogen (secondary N) is 2. The second-order valence-corrected chi connectivity index (χ2v) is 6.11. The van der Waals surface area contributed by atoms with E-state index < -0.39 is 0 Å². The van der Waals surface area contributed by atoms with Crippen molar-refractivity contribution in [3.05, 3.63) is 67.6 Å². The SMILES string of the molecule is C=CC(=O)Nc1cccc(Oc2nc(Nc3cnn(CC)c3)nn3cccc23)c1. The highest BCUT2D eigenvalue weighted by Gasteiger charge is 2.11. The van der Waals surface area contributed by atoms with Gasteiger partial charge in [-0.05, 0) is 37.3 Å². The third-order valence-corrected chi connectivity index (χ3v) is 4.07. The van der Waals surface area contributed by atoms with E-state index >= 15 is 0 Å². The molecular formula is C20H19N7O2. The molecule has 3 heterocycles. The molecule has 3 aromatic heterocycles. The van der Waals surface area contributed by atoms with Crippen molar-refractivity contribution in [1.82, 2.24) is 24.4 Å². The Hall–Kier alpha value is -4.14. The molecule has 2 N–H and O–H groups in total. The fraction of sp³-hybridized carbons (Fsp3) is 0.100. The molecule has 0 aliphatic rings. The van der Waals surface area contributed by atoms with Crippen molar-refractivity contribution in [3.63, 3.8) is 0 Å². The summed E-state index contributed by atoms with van der Waals surface area (Å²) >= 11 is 0. The predicted molar refractivity (Wildman–Crippen MR) is 110 cm³/mol. The van der Waals surface area contributed by atoms with Crippen LogP contribution in [0.3, 0.4) is 0 Å². The topological polar surface area (TPSA) is 98.4 Å². The highest BCUT2D eigenvalue weighted by molar-refractivity contribution is 5.98. The number of ether oxygens (including phenoxy) is 1. The third-order valence-electron chi connectivity index (χ3n) is 4.07. The molecule has 0 spiro atoms. The van der Waals surface area contributed by atoms with Gasteiger partial charge in [0.2, 0.25) is 17.7 Å². The van der Waals surface area contributed by atoms with Crippen LogP contribution in [0.1, 0.15) is 6.92 Å². The molecular weight excluding hydrogens is 370 g/mol. The van der Waals surface area contributed by atoms with Crippen LogP contribution in [0.4, 0.5) is 17.3 Å².